The topological polar surface area (TPSA) is 68.1 Å². The van der Waals surface area contributed by atoms with E-state index in [2.05, 4.69) is 10.3 Å². The van der Waals surface area contributed by atoms with Gasteiger partial charge in [0.15, 0.2) is 5.88 Å². The summed E-state index contributed by atoms with van der Waals surface area (Å²) in [6, 6.07) is 9.54. The molecule has 1 aromatic carbocycles. The minimum absolute atomic E-state index is 0.130. The standard InChI is InChI=1S/C11H12N4O2S/c16-18(17)9-15-11(6-12-13-15)8-14(18)7-10-4-2-1-3-5-10/h1-6H,7-9H2. The Balaban J connectivity index is 1.89. The van der Waals surface area contributed by atoms with Gasteiger partial charge in [0.05, 0.1) is 18.4 Å². The molecule has 0 spiro atoms. The van der Waals surface area contributed by atoms with Gasteiger partial charge in [-0.15, -0.1) is 5.10 Å². The first kappa shape index (κ1) is 11.4. The molecule has 0 atom stereocenters. The highest BCUT2D eigenvalue weighted by Gasteiger charge is 2.30. The van der Waals surface area contributed by atoms with Gasteiger partial charge in [0.25, 0.3) is 0 Å². The summed E-state index contributed by atoms with van der Waals surface area (Å²) in [6.45, 7) is 0.707. The Kier molecular flexibility index (Phi) is 2.64. The monoisotopic (exact) mass is 264 g/mol. The second-order valence-corrected chi connectivity index (χ2v) is 6.16. The minimum Gasteiger partial charge on any atom is -0.231 e. The van der Waals surface area contributed by atoms with Crippen LogP contribution in [0, 0.1) is 0 Å². The van der Waals surface area contributed by atoms with Crippen molar-refractivity contribution < 1.29 is 8.42 Å². The van der Waals surface area contributed by atoms with Crippen LogP contribution in [0.15, 0.2) is 36.5 Å². The van der Waals surface area contributed by atoms with Gasteiger partial charge in [-0.3, -0.25) is 0 Å². The molecular formula is C11H12N4O2S. The molecule has 1 aliphatic rings. The lowest BCUT2D eigenvalue weighted by Gasteiger charge is -2.26. The smallest absolute Gasteiger partial charge is 0.231 e. The van der Waals surface area contributed by atoms with Crippen LogP contribution in [0.1, 0.15) is 11.3 Å². The molecule has 94 valence electrons. The van der Waals surface area contributed by atoms with Crippen molar-refractivity contribution in [2.24, 2.45) is 0 Å². The zero-order chi connectivity index (χ0) is 12.6. The molecule has 0 saturated heterocycles. The first-order chi connectivity index (χ1) is 8.65. The molecule has 0 fully saturated rings. The maximum atomic E-state index is 12.1. The molecule has 7 heteroatoms. The summed E-state index contributed by atoms with van der Waals surface area (Å²) in [4.78, 5) is 0. The lowest BCUT2D eigenvalue weighted by Crippen LogP contribution is -2.38. The molecule has 0 bridgehead atoms. The molecule has 0 amide bonds. The fourth-order valence-electron chi connectivity index (χ4n) is 1.97. The van der Waals surface area contributed by atoms with E-state index < -0.39 is 10.0 Å². The van der Waals surface area contributed by atoms with E-state index in [9.17, 15) is 8.42 Å². The molecule has 0 N–H and O–H groups in total. The van der Waals surface area contributed by atoms with Gasteiger partial charge < -0.3 is 0 Å². The summed E-state index contributed by atoms with van der Waals surface area (Å²) in [5.74, 6) is -0.130. The van der Waals surface area contributed by atoms with Crippen LogP contribution in [0.2, 0.25) is 0 Å². The fourth-order valence-corrected chi connectivity index (χ4v) is 3.33. The number of nitrogens with zero attached hydrogens (tertiary/aromatic N) is 4. The van der Waals surface area contributed by atoms with Crippen LogP contribution in [0.4, 0.5) is 0 Å². The molecule has 1 aromatic heterocycles. The Hall–Kier alpha value is -1.73. The molecule has 0 saturated carbocycles. The summed E-state index contributed by atoms with van der Waals surface area (Å²) in [5.41, 5.74) is 1.79. The van der Waals surface area contributed by atoms with E-state index in [-0.39, 0.29) is 5.88 Å². The SMILES string of the molecule is O=S1(=O)Cn2nncc2CN1Cc1ccccc1. The number of fused-ring (bicyclic) bond motifs is 1. The van der Waals surface area contributed by atoms with Crippen LogP contribution in [-0.4, -0.2) is 27.7 Å². The first-order valence-electron chi connectivity index (χ1n) is 5.54. The zero-order valence-electron chi connectivity index (χ0n) is 9.60. The van der Waals surface area contributed by atoms with Gasteiger partial charge in [-0.1, -0.05) is 35.5 Å². The quantitative estimate of drug-likeness (QED) is 0.795. The summed E-state index contributed by atoms with van der Waals surface area (Å²) in [5, 5.41) is 7.49. The van der Waals surface area contributed by atoms with E-state index in [1.165, 1.54) is 8.99 Å². The van der Waals surface area contributed by atoms with Crippen LogP contribution in [0.25, 0.3) is 0 Å². The van der Waals surface area contributed by atoms with Gasteiger partial charge in [-0.25, -0.2) is 13.1 Å². The van der Waals surface area contributed by atoms with Gasteiger partial charge in [0, 0.05) is 6.54 Å². The van der Waals surface area contributed by atoms with Crippen LogP contribution >= 0.6 is 0 Å². The van der Waals surface area contributed by atoms with E-state index in [0.717, 1.165) is 11.3 Å². The predicted octanol–water partition coefficient (Wildman–Crippen LogP) is 0.581. The van der Waals surface area contributed by atoms with E-state index in [4.69, 9.17) is 0 Å². The Labute approximate surface area is 105 Å². The van der Waals surface area contributed by atoms with Crippen molar-refractivity contribution in [2.75, 3.05) is 0 Å². The molecular weight excluding hydrogens is 252 g/mol. The summed E-state index contributed by atoms with van der Waals surface area (Å²) >= 11 is 0. The number of benzene rings is 1. The largest absolute Gasteiger partial charge is 0.235 e. The van der Waals surface area contributed by atoms with E-state index in [1.807, 2.05) is 30.3 Å². The van der Waals surface area contributed by atoms with E-state index >= 15 is 0 Å². The van der Waals surface area contributed by atoms with E-state index in [1.54, 1.807) is 6.20 Å². The molecule has 0 unspecified atom stereocenters. The Morgan fingerprint density at radius 1 is 1.22 bits per heavy atom. The Morgan fingerprint density at radius 3 is 2.78 bits per heavy atom. The minimum atomic E-state index is -3.31. The van der Waals surface area contributed by atoms with Crippen molar-refractivity contribution in [1.29, 1.82) is 0 Å². The van der Waals surface area contributed by atoms with Crippen LogP contribution in [0.3, 0.4) is 0 Å². The Morgan fingerprint density at radius 2 is 2.00 bits per heavy atom. The second-order valence-electron chi connectivity index (χ2n) is 4.22. The molecule has 0 aliphatic carbocycles. The van der Waals surface area contributed by atoms with Crippen LogP contribution < -0.4 is 0 Å². The van der Waals surface area contributed by atoms with Gasteiger partial charge in [-0.05, 0) is 5.56 Å². The van der Waals surface area contributed by atoms with Crippen molar-refractivity contribution in [1.82, 2.24) is 19.3 Å². The molecule has 3 rings (SSSR count). The second kappa shape index (κ2) is 4.18. The summed E-state index contributed by atoms with van der Waals surface area (Å²) in [6.07, 6.45) is 1.60. The van der Waals surface area contributed by atoms with Crippen molar-refractivity contribution in [3.05, 3.63) is 47.8 Å². The normalized spacial score (nSPS) is 18.4. The maximum Gasteiger partial charge on any atom is 0.235 e. The van der Waals surface area contributed by atoms with E-state index in [0.29, 0.717) is 13.1 Å². The van der Waals surface area contributed by atoms with Crippen LogP contribution in [-0.2, 0) is 29.0 Å². The molecule has 0 radical (unpaired) electrons. The van der Waals surface area contributed by atoms with Gasteiger partial charge >= 0.3 is 0 Å². The third-order valence-electron chi connectivity index (χ3n) is 2.92. The lowest BCUT2D eigenvalue weighted by atomic mass is 10.2. The third-order valence-corrected chi connectivity index (χ3v) is 4.53. The van der Waals surface area contributed by atoms with Gasteiger partial charge in [0.2, 0.25) is 10.0 Å². The lowest BCUT2D eigenvalue weighted by molar-refractivity contribution is 0.360. The molecule has 2 heterocycles. The number of hydrogen-bond donors (Lipinski definition) is 0. The highest BCUT2D eigenvalue weighted by Crippen LogP contribution is 2.19. The number of sulfonamides is 1. The molecule has 6 nitrogen and oxygen atoms in total. The number of rotatable bonds is 2. The number of aromatic nitrogens is 3. The molecule has 2 aromatic rings. The fraction of sp³-hybridized carbons (Fsp3) is 0.273. The van der Waals surface area contributed by atoms with Gasteiger partial charge in [-0.2, -0.15) is 4.31 Å². The maximum absolute atomic E-state index is 12.1. The summed E-state index contributed by atoms with van der Waals surface area (Å²) < 4.78 is 27.1. The summed E-state index contributed by atoms with van der Waals surface area (Å²) in [7, 11) is -3.31. The van der Waals surface area contributed by atoms with Crippen molar-refractivity contribution in [3.63, 3.8) is 0 Å². The van der Waals surface area contributed by atoms with Crippen LogP contribution in [0.5, 0.6) is 0 Å². The van der Waals surface area contributed by atoms with Crippen molar-refractivity contribution in [3.8, 4) is 0 Å². The molecule has 18 heavy (non-hydrogen) atoms. The Bertz CT molecular complexity index is 651. The highest BCUT2D eigenvalue weighted by molar-refractivity contribution is 7.88. The number of hydrogen-bond acceptors (Lipinski definition) is 4. The average molecular weight is 264 g/mol. The third kappa shape index (κ3) is 2.02. The molecule has 1 aliphatic heterocycles. The van der Waals surface area contributed by atoms with Gasteiger partial charge in [0.1, 0.15) is 0 Å². The predicted molar refractivity (Wildman–Crippen MR) is 64.6 cm³/mol. The highest BCUT2D eigenvalue weighted by atomic mass is 32.2. The van der Waals surface area contributed by atoms with Crippen molar-refractivity contribution >= 4 is 10.0 Å². The average Bonchev–Trinajstić information content (AvgIpc) is 2.77. The van der Waals surface area contributed by atoms with Crippen molar-refractivity contribution in [2.45, 2.75) is 19.0 Å². The first-order valence-corrected chi connectivity index (χ1v) is 7.15. The zero-order valence-corrected chi connectivity index (χ0v) is 10.4.